The van der Waals surface area contributed by atoms with Gasteiger partial charge in [-0.3, -0.25) is 13.9 Å². The van der Waals surface area contributed by atoms with Gasteiger partial charge in [0, 0.05) is 19.8 Å². The highest BCUT2D eigenvalue weighted by atomic mass is 32.2. The van der Waals surface area contributed by atoms with Crippen LogP contribution in [0.4, 0.5) is 11.5 Å². The lowest BCUT2D eigenvalue weighted by atomic mass is 9.97. The van der Waals surface area contributed by atoms with E-state index in [9.17, 15) is 9.59 Å². The minimum Gasteiger partial charge on any atom is -0.391 e. The van der Waals surface area contributed by atoms with Gasteiger partial charge in [0.05, 0.1) is 5.04 Å². The molecule has 25 heavy (non-hydrogen) atoms. The third-order valence-electron chi connectivity index (χ3n) is 5.24. The Kier molecular flexibility index (Phi) is 6.93. The van der Waals surface area contributed by atoms with E-state index < -0.39 is 11.2 Å². The molecule has 140 valence electrons. The zero-order valence-corrected chi connectivity index (χ0v) is 16.6. The second-order valence-electron chi connectivity index (χ2n) is 7.03. The fraction of sp³-hybridized carbons (Fsp3) is 0.722. The van der Waals surface area contributed by atoms with Gasteiger partial charge in [-0.1, -0.05) is 32.6 Å². The Morgan fingerprint density at radius 1 is 1.16 bits per heavy atom. The Morgan fingerprint density at radius 3 is 2.48 bits per heavy atom. The molecule has 2 atom stereocenters. The summed E-state index contributed by atoms with van der Waals surface area (Å²) in [5.41, 5.74) is 5.00. The summed E-state index contributed by atoms with van der Waals surface area (Å²) in [6.07, 6.45) is 7.85. The number of nitrogens with two attached hydrogens (primary N) is 1. The van der Waals surface area contributed by atoms with E-state index in [2.05, 4.69) is 11.9 Å². The summed E-state index contributed by atoms with van der Waals surface area (Å²) in [5, 5.41) is 0.839. The summed E-state index contributed by atoms with van der Waals surface area (Å²) in [6, 6.07) is 0. The van der Waals surface area contributed by atoms with Gasteiger partial charge in [-0.25, -0.2) is 9.79 Å². The summed E-state index contributed by atoms with van der Waals surface area (Å²) in [4.78, 5) is 28.5. The third-order valence-corrected chi connectivity index (χ3v) is 6.39. The van der Waals surface area contributed by atoms with Crippen molar-refractivity contribution in [2.24, 2.45) is 30.9 Å². The van der Waals surface area contributed by atoms with Crippen molar-refractivity contribution in [3.8, 4) is 0 Å². The molecule has 6 nitrogen and oxygen atoms in total. The standard InChI is InChI=1S/C18H30N4O2S/c1-5-13-7-6-8-14(10-9-13)11-25-12(2)20-16-15(19)17(23)22(4)18(24)21(16)3/h13-14H,5-11,19H2,1-4H3. The zero-order chi connectivity index (χ0) is 18.6. The van der Waals surface area contributed by atoms with Crippen molar-refractivity contribution >= 4 is 28.3 Å². The van der Waals surface area contributed by atoms with Gasteiger partial charge in [-0.15, -0.1) is 11.8 Å². The molecule has 1 heterocycles. The number of rotatable bonds is 4. The van der Waals surface area contributed by atoms with E-state index in [1.54, 1.807) is 18.8 Å². The predicted octanol–water partition coefficient (Wildman–Crippen LogP) is 3.06. The molecule has 1 saturated carbocycles. The maximum atomic E-state index is 12.0. The van der Waals surface area contributed by atoms with Crippen molar-refractivity contribution in [3.05, 3.63) is 20.8 Å². The maximum Gasteiger partial charge on any atom is 0.332 e. The maximum absolute atomic E-state index is 12.0. The topological polar surface area (TPSA) is 82.4 Å². The normalized spacial score (nSPS) is 22.0. The summed E-state index contributed by atoms with van der Waals surface area (Å²) >= 11 is 1.70. The lowest BCUT2D eigenvalue weighted by Gasteiger charge is -2.14. The fourth-order valence-electron chi connectivity index (χ4n) is 3.44. The molecule has 0 amide bonds. The number of hydrogen-bond acceptors (Lipinski definition) is 5. The molecule has 0 aromatic carbocycles. The van der Waals surface area contributed by atoms with Gasteiger partial charge in [-0.2, -0.15) is 0 Å². The summed E-state index contributed by atoms with van der Waals surface area (Å²) < 4.78 is 2.34. The van der Waals surface area contributed by atoms with Crippen molar-refractivity contribution in [1.82, 2.24) is 9.13 Å². The van der Waals surface area contributed by atoms with Crippen LogP contribution in [0.3, 0.4) is 0 Å². The van der Waals surface area contributed by atoms with Crippen molar-refractivity contribution in [1.29, 1.82) is 0 Å². The third kappa shape index (κ3) is 4.77. The Labute approximate surface area is 153 Å². The summed E-state index contributed by atoms with van der Waals surface area (Å²) in [5.74, 6) is 2.89. The first-order valence-electron chi connectivity index (χ1n) is 9.08. The molecule has 2 rings (SSSR count). The first kappa shape index (κ1) is 19.8. The molecular weight excluding hydrogens is 336 g/mol. The molecule has 1 aromatic rings. The summed E-state index contributed by atoms with van der Waals surface area (Å²) in [7, 11) is 3.01. The van der Waals surface area contributed by atoms with Crippen LogP contribution in [0.25, 0.3) is 0 Å². The van der Waals surface area contributed by atoms with Crippen molar-refractivity contribution in [2.75, 3.05) is 11.5 Å². The molecule has 0 aliphatic heterocycles. The molecule has 1 aliphatic carbocycles. The number of nitrogens with zero attached hydrogens (tertiary/aromatic N) is 3. The molecule has 0 spiro atoms. The molecule has 2 unspecified atom stereocenters. The van der Waals surface area contributed by atoms with Crippen LogP contribution in [0.2, 0.25) is 0 Å². The molecule has 0 radical (unpaired) electrons. The van der Waals surface area contributed by atoms with Crippen LogP contribution in [0.15, 0.2) is 14.6 Å². The highest BCUT2D eigenvalue weighted by Crippen LogP contribution is 2.31. The van der Waals surface area contributed by atoms with Crippen LogP contribution < -0.4 is 17.0 Å². The second kappa shape index (κ2) is 8.74. The van der Waals surface area contributed by atoms with Crippen LogP contribution in [-0.4, -0.2) is 19.9 Å². The smallest absolute Gasteiger partial charge is 0.332 e. The average molecular weight is 367 g/mol. The average Bonchev–Trinajstić information content (AvgIpc) is 2.85. The predicted molar refractivity (Wildman–Crippen MR) is 107 cm³/mol. The number of aromatic nitrogens is 2. The largest absolute Gasteiger partial charge is 0.391 e. The van der Waals surface area contributed by atoms with E-state index in [-0.39, 0.29) is 11.5 Å². The van der Waals surface area contributed by atoms with E-state index in [0.29, 0.717) is 0 Å². The van der Waals surface area contributed by atoms with E-state index in [1.807, 2.05) is 6.92 Å². The highest BCUT2D eigenvalue weighted by molar-refractivity contribution is 8.13. The van der Waals surface area contributed by atoms with Crippen LogP contribution in [0.1, 0.15) is 52.4 Å². The zero-order valence-electron chi connectivity index (χ0n) is 15.7. The molecule has 1 fully saturated rings. The molecule has 1 aromatic heterocycles. The van der Waals surface area contributed by atoms with E-state index >= 15 is 0 Å². The Morgan fingerprint density at radius 2 is 1.80 bits per heavy atom. The Hall–Kier alpha value is -1.50. The van der Waals surface area contributed by atoms with Gasteiger partial charge in [0.15, 0.2) is 5.82 Å². The summed E-state index contributed by atoms with van der Waals surface area (Å²) in [6.45, 7) is 4.20. The molecule has 0 saturated heterocycles. The van der Waals surface area contributed by atoms with Crippen molar-refractivity contribution < 1.29 is 0 Å². The van der Waals surface area contributed by atoms with Crippen LogP contribution >= 0.6 is 11.8 Å². The van der Waals surface area contributed by atoms with Gasteiger partial charge in [-0.05, 0) is 31.6 Å². The minimum atomic E-state index is -0.492. The first-order valence-corrected chi connectivity index (χ1v) is 10.1. The van der Waals surface area contributed by atoms with E-state index in [0.717, 1.165) is 27.2 Å². The van der Waals surface area contributed by atoms with E-state index in [1.165, 1.54) is 50.1 Å². The number of hydrogen-bond donors (Lipinski definition) is 1. The molecule has 0 bridgehead atoms. The van der Waals surface area contributed by atoms with Crippen LogP contribution in [0.5, 0.6) is 0 Å². The van der Waals surface area contributed by atoms with Gasteiger partial charge >= 0.3 is 5.69 Å². The highest BCUT2D eigenvalue weighted by Gasteiger charge is 2.18. The lowest BCUT2D eigenvalue weighted by molar-refractivity contribution is 0.436. The number of anilines is 1. The number of thioether (sulfide) groups is 1. The SMILES string of the molecule is CCC1CCCC(CSC(C)=Nc2c(N)c(=O)n(C)c(=O)n2C)CC1. The van der Waals surface area contributed by atoms with Gasteiger partial charge in [0.2, 0.25) is 0 Å². The van der Waals surface area contributed by atoms with Gasteiger partial charge in [0.25, 0.3) is 5.56 Å². The number of nitrogen functional groups attached to an aromatic ring is 1. The van der Waals surface area contributed by atoms with Gasteiger partial charge < -0.3 is 5.73 Å². The van der Waals surface area contributed by atoms with Crippen molar-refractivity contribution in [3.63, 3.8) is 0 Å². The number of aliphatic imine (C=N–C) groups is 1. The van der Waals surface area contributed by atoms with Crippen LogP contribution in [-0.2, 0) is 14.1 Å². The van der Waals surface area contributed by atoms with E-state index in [4.69, 9.17) is 5.73 Å². The molecule has 7 heteroatoms. The first-order chi connectivity index (χ1) is 11.8. The van der Waals surface area contributed by atoms with Gasteiger partial charge in [0.1, 0.15) is 5.69 Å². The van der Waals surface area contributed by atoms with Crippen LogP contribution in [0, 0.1) is 11.8 Å². The monoisotopic (exact) mass is 366 g/mol. The molecule has 1 aliphatic rings. The second-order valence-corrected chi connectivity index (χ2v) is 8.25. The molecule has 2 N–H and O–H groups in total. The lowest BCUT2D eigenvalue weighted by Crippen LogP contribution is -2.38. The van der Waals surface area contributed by atoms with Crippen molar-refractivity contribution in [2.45, 2.75) is 52.4 Å². The minimum absolute atomic E-state index is 0.0183. The Balaban J connectivity index is 2.08. The Bertz CT molecular complexity index is 713. The fourth-order valence-corrected chi connectivity index (χ4v) is 4.41. The molecular formula is C18H30N4O2S. The quantitative estimate of drug-likeness (QED) is 0.504.